The van der Waals surface area contributed by atoms with Gasteiger partial charge >= 0.3 is 0 Å². The molecule has 1 atom stereocenters. The van der Waals surface area contributed by atoms with Crippen LogP contribution >= 0.6 is 0 Å². The Kier molecular flexibility index (Phi) is 4.37. The van der Waals surface area contributed by atoms with Crippen molar-refractivity contribution in [1.82, 2.24) is 0 Å². The zero-order chi connectivity index (χ0) is 17.1. The summed E-state index contributed by atoms with van der Waals surface area (Å²) < 4.78 is 13.3. The molecule has 0 aromatic heterocycles. The third-order valence-electron chi connectivity index (χ3n) is 3.68. The van der Waals surface area contributed by atoms with Crippen molar-refractivity contribution in [2.24, 2.45) is 5.16 Å². The number of Topliss-reactive ketones (excluding diaryl/α,β-unsaturated/α-hetero) is 1. The van der Waals surface area contributed by atoms with Gasteiger partial charge in [0.1, 0.15) is 5.82 Å². The zero-order valence-electron chi connectivity index (χ0n) is 13.0. The zero-order valence-corrected chi connectivity index (χ0v) is 13.0. The molecule has 0 saturated carbocycles. The van der Waals surface area contributed by atoms with Gasteiger partial charge in [0.05, 0.1) is 11.4 Å². The molecule has 0 spiro atoms. The van der Waals surface area contributed by atoms with Crippen molar-refractivity contribution in [2.45, 2.75) is 19.4 Å². The number of carbonyl (C=O) groups excluding carboxylic acids is 2. The van der Waals surface area contributed by atoms with E-state index in [0.717, 1.165) is 0 Å². The van der Waals surface area contributed by atoms with Gasteiger partial charge in [-0.3, -0.25) is 9.59 Å². The maximum Gasteiger partial charge on any atom is 0.268 e. The molecule has 0 fully saturated rings. The Morgan fingerprint density at radius 1 is 1.21 bits per heavy atom. The van der Waals surface area contributed by atoms with E-state index in [0.29, 0.717) is 22.5 Å². The molecule has 24 heavy (non-hydrogen) atoms. The Bertz CT molecular complexity index is 833. The van der Waals surface area contributed by atoms with Gasteiger partial charge in [0.15, 0.2) is 5.78 Å². The number of halogens is 1. The van der Waals surface area contributed by atoms with E-state index in [1.807, 2.05) is 0 Å². The van der Waals surface area contributed by atoms with Gasteiger partial charge in [-0.25, -0.2) is 4.39 Å². The van der Waals surface area contributed by atoms with Crippen molar-refractivity contribution in [2.75, 3.05) is 5.32 Å². The monoisotopic (exact) mass is 326 g/mol. The average molecular weight is 326 g/mol. The molecule has 0 saturated heterocycles. The van der Waals surface area contributed by atoms with E-state index in [1.54, 1.807) is 36.4 Å². The predicted octanol–water partition coefficient (Wildman–Crippen LogP) is 3.16. The van der Waals surface area contributed by atoms with E-state index < -0.39 is 12.0 Å². The topological polar surface area (TPSA) is 67.8 Å². The third-order valence-corrected chi connectivity index (χ3v) is 3.68. The maximum atomic E-state index is 13.3. The van der Waals surface area contributed by atoms with Crippen molar-refractivity contribution in [1.29, 1.82) is 0 Å². The number of oxime groups is 1. The van der Waals surface area contributed by atoms with Gasteiger partial charge in [0, 0.05) is 17.5 Å². The Morgan fingerprint density at radius 3 is 2.75 bits per heavy atom. The minimum atomic E-state index is -0.816. The molecule has 3 rings (SSSR count). The van der Waals surface area contributed by atoms with Gasteiger partial charge in [-0.15, -0.1) is 0 Å². The highest BCUT2D eigenvalue weighted by Gasteiger charge is 2.29. The van der Waals surface area contributed by atoms with Crippen LogP contribution in [0.3, 0.4) is 0 Å². The molecule has 0 aliphatic carbocycles. The lowest BCUT2D eigenvalue weighted by Gasteiger charge is -2.12. The molecule has 1 aliphatic rings. The molecule has 1 amide bonds. The van der Waals surface area contributed by atoms with Crippen LogP contribution in [0.15, 0.2) is 53.7 Å². The van der Waals surface area contributed by atoms with Crippen LogP contribution in [-0.4, -0.2) is 23.5 Å². The fraction of sp³-hybridized carbons (Fsp3) is 0.167. The van der Waals surface area contributed by atoms with Gasteiger partial charge in [0.2, 0.25) is 6.10 Å². The number of benzene rings is 2. The van der Waals surface area contributed by atoms with Crippen molar-refractivity contribution in [3.63, 3.8) is 0 Å². The van der Waals surface area contributed by atoms with Crippen LogP contribution in [0.2, 0.25) is 0 Å². The van der Waals surface area contributed by atoms with Crippen LogP contribution < -0.4 is 5.32 Å². The first kappa shape index (κ1) is 15.9. The van der Waals surface area contributed by atoms with Crippen molar-refractivity contribution >= 4 is 23.1 Å². The number of para-hydroxylation sites is 1. The van der Waals surface area contributed by atoms with Gasteiger partial charge in [0.25, 0.3) is 5.91 Å². The summed E-state index contributed by atoms with van der Waals surface area (Å²) in [5.41, 5.74) is 1.94. The highest BCUT2D eigenvalue weighted by Crippen LogP contribution is 2.21. The van der Waals surface area contributed by atoms with Crippen LogP contribution in [0.25, 0.3) is 0 Å². The number of nitrogens with zero attached hydrogens (tertiary/aromatic N) is 1. The SMILES string of the molecule is CC(=O)c1ccccc1NC(=O)C1CC(c2cccc(F)c2)=NO1. The lowest BCUT2D eigenvalue weighted by molar-refractivity contribution is -0.125. The Morgan fingerprint density at radius 2 is 2.00 bits per heavy atom. The van der Waals surface area contributed by atoms with Crippen molar-refractivity contribution in [3.05, 3.63) is 65.5 Å². The van der Waals surface area contributed by atoms with E-state index >= 15 is 0 Å². The molecular weight excluding hydrogens is 311 g/mol. The second-order valence-electron chi connectivity index (χ2n) is 5.44. The maximum absolute atomic E-state index is 13.3. The molecular formula is C18H15FN2O3. The molecule has 0 radical (unpaired) electrons. The largest absolute Gasteiger partial charge is 0.382 e. The number of carbonyl (C=O) groups is 2. The van der Waals surface area contributed by atoms with Gasteiger partial charge in [-0.2, -0.15) is 0 Å². The molecule has 2 aromatic carbocycles. The summed E-state index contributed by atoms with van der Waals surface area (Å²) in [6.07, 6.45) is -0.583. The molecule has 122 valence electrons. The summed E-state index contributed by atoms with van der Waals surface area (Å²) in [5, 5.41) is 6.56. The average Bonchev–Trinajstić information content (AvgIpc) is 3.05. The van der Waals surface area contributed by atoms with Gasteiger partial charge in [-0.05, 0) is 31.2 Å². The summed E-state index contributed by atoms with van der Waals surface area (Å²) in [7, 11) is 0. The van der Waals surface area contributed by atoms with Crippen molar-refractivity contribution in [3.8, 4) is 0 Å². The predicted molar refractivity (Wildman–Crippen MR) is 87.5 cm³/mol. The minimum Gasteiger partial charge on any atom is -0.382 e. The molecule has 0 bridgehead atoms. The summed E-state index contributed by atoms with van der Waals surface area (Å²) in [6.45, 7) is 1.43. The van der Waals surface area contributed by atoms with E-state index in [4.69, 9.17) is 4.84 Å². The summed E-state index contributed by atoms with van der Waals surface area (Å²) in [6, 6.07) is 12.7. The normalized spacial score (nSPS) is 16.2. The Hall–Kier alpha value is -3.02. The van der Waals surface area contributed by atoms with E-state index in [-0.39, 0.29) is 18.0 Å². The molecule has 1 N–H and O–H groups in total. The lowest BCUT2D eigenvalue weighted by Crippen LogP contribution is -2.28. The number of nitrogens with one attached hydrogen (secondary N) is 1. The molecule has 6 heteroatoms. The number of hydrogen-bond donors (Lipinski definition) is 1. The lowest BCUT2D eigenvalue weighted by atomic mass is 10.0. The second kappa shape index (κ2) is 6.62. The molecule has 2 aromatic rings. The highest BCUT2D eigenvalue weighted by atomic mass is 19.1. The summed E-state index contributed by atoms with van der Waals surface area (Å²) in [4.78, 5) is 29.1. The number of rotatable bonds is 4. The second-order valence-corrected chi connectivity index (χ2v) is 5.44. The minimum absolute atomic E-state index is 0.144. The first-order chi connectivity index (χ1) is 11.5. The highest BCUT2D eigenvalue weighted by molar-refractivity contribution is 6.08. The van der Waals surface area contributed by atoms with Crippen LogP contribution in [0.4, 0.5) is 10.1 Å². The van der Waals surface area contributed by atoms with Crippen LogP contribution in [0.1, 0.15) is 29.3 Å². The molecule has 1 unspecified atom stereocenters. The number of hydrogen-bond acceptors (Lipinski definition) is 4. The standard InChI is InChI=1S/C18H15FN2O3/c1-11(22)14-7-2-3-8-15(14)20-18(23)17-10-16(21-24-17)12-5-4-6-13(19)9-12/h2-9,17H,10H2,1H3,(H,20,23). The summed E-state index contributed by atoms with van der Waals surface area (Å²) in [5.74, 6) is -0.924. The number of anilines is 1. The Labute approximate surface area is 138 Å². The number of ketones is 1. The molecule has 1 heterocycles. The smallest absolute Gasteiger partial charge is 0.268 e. The Balaban J connectivity index is 1.69. The summed E-state index contributed by atoms with van der Waals surface area (Å²) >= 11 is 0. The molecule has 1 aliphatic heterocycles. The fourth-order valence-corrected chi connectivity index (χ4v) is 2.47. The first-order valence-corrected chi connectivity index (χ1v) is 7.44. The van der Waals surface area contributed by atoms with Crippen molar-refractivity contribution < 1.29 is 18.8 Å². The van der Waals surface area contributed by atoms with E-state index in [9.17, 15) is 14.0 Å². The van der Waals surface area contributed by atoms with E-state index in [2.05, 4.69) is 10.5 Å². The molecule has 5 nitrogen and oxygen atoms in total. The van der Waals surface area contributed by atoms with Gasteiger partial charge in [-0.1, -0.05) is 29.4 Å². The number of amides is 1. The van der Waals surface area contributed by atoms with Crippen LogP contribution in [-0.2, 0) is 9.63 Å². The quantitative estimate of drug-likeness (QED) is 0.878. The van der Waals surface area contributed by atoms with Crippen LogP contribution in [0, 0.1) is 5.82 Å². The first-order valence-electron chi connectivity index (χ1n) is 7.44. The van der Waals surface area contributed by atoms with Crippen LogP contribution in [0.5, 0.6) is 0 Å². The third kappa shape index (κ3) is 3.32. The van der Waals surface area contributed by atoms with E-state index in [1.165, 1.54) is 19.1 Å². The van der Waals surface area contributed by atoms with Gasteiger partial charge < -0.3 is 10.2 Å². The fourth-order valence-electron chi connectivity index (χ4n) is 2.47.